The Morgan fingerprint density at radius 1 is 1.57 bits per heavy atom. The monoisotopic (exact) mass is 210 g/mol. The summed E-state index contributed by atoms with van der Waals surface area (Å²) in [7, 11) is 0. The minimum absolute atomic E-state index is 0.380. The van der Waals surface area contributed by atoms with Crippen molar-refractivity contribution in [3.8, 4) is 0 Å². The van der Waals surface area contributed by atoms with Gasteiger partial charge in [-0.25, -0.2) is 4.98 Å². The van der Waals surface area contributed by atoms with Gasteiger partial charge in [-0.05, 0) is 5.75 Å². The molecule has 5 heteroatoms. The number of H-pyrrole nitrogens is 1. The van der Waals surface area contributed by atoms with Crippen molar-refractivity contribution in [2.75, 3.05) is 5.75 Å². The highest BCUT2D eigenvalue weighted by molar-refractivity contribution is 7.99. The molecule has 14 heavy (non-hydrogen) atoms. The number of nitrogens with zero attached hydrogens (tertiary/aromatic N) is 3. The third-order valence-corrected chi connectivity index (χ3v) is 2.75. The predicted molar refractivity (Wildman–Crippen MR) is 57.8 cm³/mol. The van der Waals surface area contributed by atoms with Gasteiger partial charge >= 0.3 is 0 Å². The molecule has 2 aromatic heterocycles. The predicted octanol–water partition coefficient (Wildman–Crippen LogP) is 2.29. The highest BCUT2D eigenvalue weighted by atomic mass is 32.2. The van der Waals surface area contributed by atoms with Crippen LogP contribution in [0.1, 0.15) is 32.5 Å². The van der Waals surface area contributed by atoms with Crippen LogP contribution >= 0.6 is 11.8 Å². The van der Waals surface area contributed by atoms with Crippen LogP contribution in [0.3, 0.4) is 0 Å². The van der Waals surface area contributed by atoms with Crippen LogP contribution in [0.4, 0.5) is 0 Å². The first-order chi connectivity index (χ1) is 6.70. The fourth-order valence-electron chi connectivity index (χ4n) is 1.24. The maximum absolute atomic E-state index is 4.42. The van der Waals surface area contributed by atoms with E-state index in [1.165, 1.54) is 0 Å². The van der Waals surface area contributed by atoms with Crippen LogP contribution in [0, 0.1) is 0 Å². The third kappa shape index (κ3) is 1.64. The fraction of sp³-hybridized carbons (Fsp3) is 0.556. The molecule has 0 amide bonds. The average Bonchev–Trinajstić information content (AvgIpc) is 2.61. The molecule has 2 rings (SSSR count). The van der Waals surface area contributed by atoms with E-state index in [9.17, 15) is 0 Å². The zero-order valence-corrected chi connectivity index (χ0v) is 9.43. The molecule has 76 valence electrons. The molecular weight excluding hydrogens is 196 g/mol. The number of aromatic amines is 1. The second-order valence-electron chi connectivity index (χ2n) is 3.45. The Morgan fingerprint density at radius 2 is 2.36 bits per heavy atom. The number of hydrogen-bond acceptors (Lipinski definition) is 3. The molecule has 0 spiro atoms. The summed E-state index contributed by atoms with van der Waals surface area (Å²) in [6.45, 7) is 6.31. The number of thioether (sulfide) groups is 1. The minimum Gasteiger partial charge on any atom is -0.270 e. The van der Waals surface area contributed by atoms with Gasteiger partial charge in [0.05, 0.1) is 5.03 Å². The first kappa shape index (κ1) is 9.58. The van der Waals surface area contributed by atoms with Gasteiger partial charge in [-0.3, -0.25) is 5.10 Å². The molecule has 4 nitrogen and oxygen atoms in total. The quantitative estimate of drug-likeness (QED) is 0.791. The van der Waals surface area contributed by atoms with Gasteiger partial charge in [0, 0.05) is 12.0 Å². The lowest BCUT2D eigenvalue weighted by molar-refractivity contribution is 0.716. The van der Waals surface area contributed by atoms with E-state index >= 15 is 0 Å². The van der Waals surface area contributed by atoms with Gasteiger partial charge in [0.2, 0.25) is 0 Å². The van der Waals surface area contributed by atoms with E-state index in [1.54, 1.807) is 16.4 Å². The van der Waals surface area contributed by atoms with Crippen LogP contribution in [0.25, 0.3) is 5.65 Å². The molecular formula is C9H14N4S. The smallest absolute Gasteiger partial charge is 0.176 e. The molecule has 0 saturated carbocycles. The molecule has 0 aliphatic carbocycles. The summed E-state index contributed by atoms with van der Waals surface area (Å²) in [4.78, 5) is 4.42. The Kier molecular flexibility index (Phi) is 2.50. The van der Waals surface area contributed by atoms with Crippen LogP contribution < -0.4 is 0 Å². The molecule has 0 aromatic carbocycles. The van der Waals surface area contributed by atoms with E-state index in [1.807, 2.05) is 6.07 Å². The summed E-state index contributed by atoms with van der Waals surface area (Å²) in [6.07, 6.45) is 0. The van der Waals surface area contributed by atoms with Crippen molar-refractivity contribution in [2.45, 2.75) is 31.7 Å². The van der Waals surface area contributed by atoms with E-state index in [-0.39, 0.29) is 0 Å². The minimum atomic E-state index is 0.380. The molecule has 1 N–H and O–H groups in total. The van der Waals surface area contributed by atoms with Gasteiger partial charge in [-0.15, -0.1) is 16.9 Å². The summed E-state index contributed by atoms with van der Waals surface area (Å²) >= 11 is 1.76. The number of fused-ring (bicyclic) bond motifs is 1. The Morgan fingerprint density at radius 3 is 2.93 bits per heavy atom. The Hall–Kier alpha value is -0.970. The molecule has 0 radical (unpaired) electrons. The van der Waals surface area contributed by atoms with E-state index in [0.29, 0.717) is 5.92 Å². The van der Waals surface area contributed by atoms with E-state index in [0.717, 1.165) is 22.3 Å². The second-order valence-corrected chi connectivity index (χ2v) is 4.75. The standard InChI is InChI=1S/C9H14N4S/c1-4-14-8-5-7-10-9(6(2)3)12-13(7)11-8/h5-6,11H,4H2,1-3H3. The summed E-state index contributed by atoms with van der Waals surface area (Å²) in [6, 6.07) is 2.03. The first-order valence-corrected chi connectivity index (χ1v) is 5.77. The van der Waals surface area contributed by atoms with Gasteiger partial charge in [0.1, 0.15) is 0 Å². The van der Waals surface area contributed by atoms with Crippen LogP contribution in [0.15, 0.2) is 11.1 Å². The molecule has 0 atom stereocenters. The molecule has 2 aromatic rings. The van der Waals surface area contributed by atoms with E-state index in [2.05, 4.69) is 36.0 Å². The lowest BCUT2D eigenvalue weighted by atomic mass is 10.2. The SMILES string of the molecule is CCSc1cc2nc(C(C)C)nn2[nH]1. The Bertz CT molecular complexity index is 397. The van der Waals surface area contributed by atoms with Crippen LogP contribution in [-0.2, 0) is 0 Å². The largest absolute Gasteiger partial charge is 0.270 e. The highest BCUT2D eigenvalue weighted by Crippen LogP contribution is 2.18. The topological polar surface area (TPSA) is 46.0 Å². The van der Waals surface area contributed by atoms with E-state index < -0.39 is 0 Å². The first-order valence-electron chi connectivity index (χ1n) is 4.79. The average molecular weight is 210 g/mol. The number of aromatic nitrogens is 4. The lowest BCUT2D eigenvalue weighted by Gasteiger charge is -1.94. The van der Waals surface area contributed by atoms with Crippen LogP contribution in [0.5, 0.6) is 0 Å². The lowest BCUT2D eigenvalue weighted by Crippen LogP contribution is -1.93. The van der Waals surface area contributed by atoms with Crippen molar-refractivity contribution in [2.24, 2.45) is 0 Å². The van der Waals surface area contributed by atoms with Gasteiger partial charge in [0.15, 0.2) is 11.5 Å². The van der Waals surface area contributed by atoms with Crippen LogP contribution in [-0.4, -0.2) is 25.6 Å². The van der Waals surface area contributed by atoms with Gasteiger partial charge in [0.25, 0.3) is 0 Å². The van der Waals surface area contributed by atoms with Crippen molar-refractivity contribution in [3.05, 3.63) is 11.9 Å². The molecule has 0 saturated heterocycles. The summed E-state index contributed by atoms with van der Waals surface area (Å²) in [5.74, 6) is 2.33. The van der Waals surface area contributed by atoms with Crippen molar-refractivity contribution in [3.63, 3.8) is 0 Å². The van der Waals surface area contributed by atoms with Crippen molar-refractivity contribution in [1.29, 1.82) is 0 Å². The highest BCUT2D eigenvalue weighted by Gasteiger charge is 2.09. The van der Waals surface area contributed by atoms with Crippen molar-refractivity contribution < 1.29 is 0 Å². The third-order valence-electron chi connectivity index (χ3n) is 1.94. The normalized spacial score (nSPS) is 11.7. The van der Waals surface area contributed by atoms with E-state index in [4.69, 9.17) is 0 Å². The zero-order chi connectivity index (χ0) is 10.1. The number of rotatable bonds is 3. The Labute approximate surface area is 87.1 Å². The van der Waals surface area contributed by atoms with Crippen LogP contribution in [0.2, 0.25) is 0 Å². The zero-order valence-electron chi connectivity index (χ0n) is 8.61. The van der Waals surface area contributed by atoms with Gasteiger partial charge in [-0.1, -0.05) is 20.8 Å². The maximum Gasteiger partial charge on any atom is 0.176 e. The summed E-state index contributed by atoms with van der Waals surface area (Å²) in [5, 5.41) is 8.65. The van der Waals surface area contributed by atoms with Crippen molar-refractivity contribution >= 4 is 17.4 Å². The summed E-state index contributed by atoms with van der Waals surface area (Å²) in [5.41, 5.74) is 0.907. The van der Waals surface area contributed by atoms with Gasteiger partial charge in [-0.2, -0.15) is 4.63 Å². The Balaban J connectivity index is 2.35. The molecule has 0 aliphatic rings. The van der Waals surface area contributed by atoms with Gasteiger partial charge < -0.3 is 0 Å². The maximum atomic E-state index is 4.42. The van der Waals surface area contributed by atoms with Crippen molar-refractivity contribution in [1.82, 2.24) is 19.8 Å². The fourth-order valence-corrected chi connectivity index (χ4v) is 1.90. The molecule has 0 bridgehead atoms. The second kappa shape index (κ2) is 3.65. The molecule has 0 unspecified atom stereocenters. The number of nitrogens with one attached hydrogen (secondary N) is 1. The molecule has 2 heterocycles. The molecule has 0 aliphatic heterocycles. The molecule has 0 fully saturated rings. The number of hydrogen-bond donors (Lipinski definition) is 1. The summed E-state index contributed by atoms with van der Waals surface area (Å²) < 4.78 is 1.74.